The van der Waals surface area contributed by atoms with E-state index in [0.29, 0.717) is 18.2 Å². The van der Waals surface area contributed by atoms with E-state index in [1.54, 1.807) is 0 Å². The molecule has 4 N–H and O–H groups in total. The summed E-state index contributed by atoms with van der Waals surface area (Å²) in [4.78, 5) is 25.6. The number of nitrogens with zero attached hydrogens (tertiary/aromatic N) is 1. The third kappa shape index (κ3) is 2.27. The molecular weight excluding hydrogens is 232 g/mol. The fourth-order valence-electron chi connectivity index (χ4n) is 2.58. The number of anilines is 2. The van der Waals surface area contributed by atoms with E-state index in [4.69, 9.17) is 5.73 Å². The average molecular weight is 252 g/mol. The zero-order chi connectivity index (χ0) is 13.3. The molecule has 0 aliphatic heterocycles. The Morgan fingerprint density at radius 3 is 2.72 bits per heavy atom. The normalized spacial score (nSPS) is 23.2. The van der Waals surface area contributed by atoms with Crippen LogP contribution in [0.3, 0.4) is 0 Å². The van der Waals surface area contributed by atoms with Gasteiger partial charge in [0.15, 0.2) is 0 Å². The molecule has 2 unspecified atom stereocenters. The van der Waals surface area contributed by atoms with E-state index in [-0.39, 0.29) is 11.9 Å². The van der Waals surface area contributed by atoms with Crippen molar-refractivity contribution in [2.75, 3.05) is 11.1 Å². The standard InChI is InChI=1S/C12H20N4O2/c1-3-16-10(13)9(11(17)15-12(16)18)14-8-5-4-7(2)6-8/h7-8,14H,3-6,13H2,1-2H3,(H,15,17,18). The van der Waals surface area contributed by atoms with Crippen LogP contribution in [0.1, 0.15) is 33.1 Å². The Balaban J connectivity index is 2.33. The highest BCUT2D eigenvalue weighted by molar-refractivity contribution is 5.60. The number of aromatic nitrogens is 2. The Labute approximate surface area is 105 Å². The number of aromatic amines is 1. The third-order valence-corrected chi connectivity index (χ3v) is 3.60. The number of nitrogen functional groups attached to an aromatic ring is 1. The minimum atomic E-state index is -0.453. The van der Waals surface area contributed by atoms with Crippen LogP contribution in [0, 0.1) is 5.92 Å². The van der Waals surface area contributed by atoms with Gasteiger partial charge < -0.3 is 11.1 Å². The van der Waals surface area contributed by atoms with Crippen molar-refractivity contribution >= 4 is 11.5 Å². The van der Waals surface area contributed by atoms with E-state index in [0.717, 1.165) is 19.3 Å². The van der Waals surface area contributed by atoms with E-state index in [2.05, 4.69) is 17.2 Å². The molecule has 100 valence electrons. The van der Waals surface area contributed by atoms with E-state index >= 15 is 0 Å². The van der Waals surface area contributed by atoms with Gasteiger partial charge in [0.2, 0.25) is 0 Å². The first-order valence-electron chi connectivity index (χ1n) is 6.42. The van der Waals surface area contributed by atoms with E-state index in [1.165, 1.54) is 4.57 Å². The van der Waals surface area contributed by atoms with Crippen LogP contribution in [0.4, 0.5) is 11.5 Å². The zero-order valence-electron chi connectivity index (χ0n) is 10.8. The second-order valence-corrected chi connectivity index (χ2v) is 5.02. The Morgan fingerprint density at radius 2 is 2.17 bits per heavy atom. The molecule has 1 saturated carbocycles. The van der Waals surface area contributed by atoms with E-state index in [1.807, 2.05) is 6.92 Å². The lowest BCUT2D eigenvalue weighted by molar-refractivity contribution is 0.602. The number of hydrogen-bond acceptors (Lipinski definition) is 4. The molecule has 0 spiro atoms. The van der Waals surface area contributed by atoms with Gasteiger partial charge in [-0.15, -0.1) is 0 Å². The summed E-state index contributed by atoms with van der Waals surface area (Å²) >= 11 is 0. The van der Waals surface area contributed by atoms with Crippen molar-refractivity contribution in [2.45, 2.75) is 45.7 Å². The molecule has 1 heterocycles. The molecule has 6 heteroatoms. The highest BCUT2D eigenvalue weighted by Gasteiger charge is 2.23. The zero-order valence-corrected chi connectivity index (χ0v) is 10.8. The van der Waals surface area contributed by atoms with Gasteiger partial charge in [0.25, 0.3) is 5.56 Å². The molecule has 1 aromatic heterocycles. The highest BCUT2D eigenvalue weighted by atomic mass is 16.2. The van der Waals surface area contributed by atoms with Gasteiger partial charge in [-0.25, -0.2) is 4.79 Å². The molecular formula is C12H20N4O2. The number of hydrogen-bond donors (Lipinski definition) is 3. The molecule has 0 radical (unpaired) electrons. The summed E-state index contributed by atoms with van der Waals surface area (Å²) in [5, 5.41) is 3.18. The van der Waals surface area contributed by atoms with Crippen LogP contribution in [0.2, 0.25) is 0 Å². The van der Waals surface area contributed by atoms with Crippen molar-refractivity contribution in [2.24, 2.45) is 5.92 Å². The Morgan fingerprint density at radius 1 is 1.44 bits per heavy atom. The van der Waals surface area contributed by atoms with Crippen molar-refractivity contribution in [1.29, 1.82) is 0 Å². The van der Waals surface area contributed by atoms with Gasteiger partial charge in [0, 0.05) is 12.6 Å². The lowest BCUT2D eigenvalue weighted by Gasteiger charge is -2.16. The Hall–Kier alpha value is -1.72. The monoisotopic (exact) mass is 252 g/mol. The van der Waals surface area contributed by atoms with E-state index in [9.17, 15) is 9.59 Å². The highest BCUT2D eigenvalue weighted by Crippen LogP contribution is 2.27. The SMILES string of the molecule is CCn1c(N)c(NC2CCC(C)C2)c(=O)[nH]c1=O. The summed E-state index contributed by atoms with van der Waals surface area (Å²) in [6.45, 7) is 4.46. The van der Waals surface area contributed by atoms with Gasteiger partial charge in [-0.2, -0.15) is 0 Å². The molecule has 1 fully saturated rings. The lowest BCUT2D eigenvalue weighted by atomic mass is 10.1. The second kappa shape index (κ2) is 4.88. The van der Waals surface area contributed by atoms with Crippen molar-refractivity contribution in [3.8, 4) is 0 Å². The molecule has 1 aromatic rings. The van der Waals surface area contributed by atoms with Crippen molar-refractivity contribution in [3.63, 3.8) is 0 Å². The fourth-order valence-corrected chi connectivity index (χ4v) is 2.58. The summed E-state index contributed by atoms with van der Waals surface area (Å²) in [6, 6.07) is 0.270. The average Bonchev–Trinajstić information content (AvgIpc) is 2.70. The first-order chi connectivity index (χ1) is 8.52. The van der Waals surface area contributed by atoms with Gasteiger partial charge in [0.1, 0.15) is 11.5 Å². The smallest absolute Gasteiger partial charge is 0.330 e. The Kier molecular flexibility index (Phi) is 3.45. The van der Waals surface area contributed by atoms with E-state index < -0.39 is 11.2 Å². The summed E-state index contributed by atoms with van der Waals surface area (Å²) in [7, 11) is 0. The first kappa shape index (κ1) is 12.7. The molecule has 0 bridgehead atoms. The minimum Gasteiger partial charge on any atom is -0.383 e. The van der Waals surface area contributed by atoms with Gasteiger partial charge in [0.05, 0.1) is 0 Å². The second-order valence-electron chi connectivity index (χ2n) is 5.02. The minimum absolute atomic E-state index is 0.228. The lowest BCUT2D eigenvalue weighted by Crippen LogP contribution is -2.35. The molecule has 2 rings (SSSR count). The maximum atomic E-state index is 11.8. The Bertz CT molecular complexity index is 546. The molecule has 1 aliphatic carbocycles. The quantitative estimate of drug-likeness (QED) is 0.739. The van der Waals surface area contributed by atoms with Crippen LogP contribution < -0.4 is 22.3 Å². The molecule has 0 aromatic carbocycles. The predicted molar refractivity (Wildman–Crippen MR) is 71.8 cm³/mol. The van der Waals surface area contributed by atoms with Crippen molar-refractivity contribution < 1.29 is 0 Å². The molecule has 2 atom stereocenters. The van der Waals surface area contributed by atoms with Gasteiger partial charge in [-0.05, 0) is 32.1 Å². The summed E-state index contributed by atoms with van der Waals surface area (Å²) < 4.78 is 1.36. The number of rotatable bonds is 3. The maximum absolute atomic E-state index is 11.8. The first-order valence-corrected chi connectivity index (χ1v) is 6.42. The van der Waals surface area contributed by atoms with Crippen LogP contribution in [0.25, 0.3) is 0 Å². The largest absolute Gasteiger partial charge is 0.383 e. The summed E-state index contributed by atoms with van der Waals surface area (Å²) in [5.74, 6) is 0.894. The molecule has 18 heavy (non-hydrogen) atoms. The molecule has 0 amide bonds. The summed E-state index contributed by atoms with van der Waals surface area (Å²) in [5.41, 5.74) is 5.34. The van der Waals surface area contributed by atoms with Gasteiger partial charge in [-0.3, -0.25) is 14.3 Å². The van der Waals surface area contributed by atoms with Crippen LogP contribution in [0.5, 0.6) is 0 Å². The maximum Gasteiger partial charge on any atom is 0.330 e. The van der Waals surface area contributed by atoms with Gasteiger partial charge >= 0.3 is 5.69 Å². The van der Waals surface area contributed by atoms with Gasteiger partial charge in [-0.1, -0.05) is 6.92 Å². The molecule has 0 saturated heterocycles. The number of H-pyrrole nitrogens is 1. The van der Waals surface area contributed by atoms with Crippen LogP contribution in [-0.2, 0) is 6.54 Å². The van der Waals surface area contributed by atoms with Crippen LogP contribution in [0.15, 0.2) is 9.59 Å². The topological polar surface area (TPSA) is 92.9 Å². The predicted octanol–water partition coefficient (Wildman–Crippen LogP) is 0.739. The summed E-state index contributed by atoms with van der Waals surface area (Å²) in [6.07, 6.45) is 3.22. The van der Waals surface area contributed by atoms with Crippen molar-refractivity contribution in [1.82, 2.24) is 9.55 Å². The molecule has 1 aliphatic rings. The molecule has 6 nitrogen and oxygen atoms in total. The van der Waals surface area contributed by atoms with Crippen molar-refractivity contribution in [3.05, 3.63) is 20.8 Å². The third-order valence-electron chi connectivity index (χ3n) is 3.60. The number of nitrogens with one attached hydrogen (secondary N) is 2. The van der Waals surface area contributed by atoms with Crippen LogP contribution >= 0.6 is 0 Å². The fraction of sp³-hybridized carbons (Fsp3) is 0.667. The van der Waals surface area contributed by atoms with Crippen LogP contribution in [-0.4, -0.2) is 15.6 Å². The number of nitrogens with two attached hydrogens (primary N) is 1.